The van der Waals surface area contributed by atoms with Crippen molar-refractivity contribution in [2.24, 2.45) is 5.92 Å². The fourth-order valence-electron chi connectivity index (χ4n) is 2.00. The molecule has 0 saturated carbocycles. The number of carbonyl (C=O) groups is 1. The van der Waals surface area contributed by atoms with Gasteiger partial charge in [-0.05, 0) is 30.9 Å². The molecule has 1 unspecified atom stereocenters. The lowest BCUT2D eigenvalue weighted by Crippen LogP contribution is -2.17. The first-order chi connectivity index (χ1) is 6.16. The maximum Gasteiger partial charge on any atom is 0.163 e. The van der Waals surface area contributed by atoms with Crippen molar-refractivity contribution in [3.05, 3.63) is 34.9 Å². The van der Waals surface area contributed by atoms with Crippen molar-refractivity contribution in [2.75, 3.05) is 0 Å². The van der Waals surface area contributed by atoms with Crippen molar-refractivity contribution < 1.29 is 4.79 Å². The molecule has 0 N–H and O–H groups in total. The Morgan fingerprint density at radius 2 is 2.08 bits per heavy atom. The van der Waals surface area contributed by atoms with E-state index in [2.05, 4.69) is 19.1 Å². The number of benzene rings is 1. The fourth-order valence-corrected chi connectivity index (χ4v) is 2.00. The average molecular weight is 174 g/mol. The van der Waals surface area contributed by atoms with E-state index >= 15 is 0 Å². The van der Waals surface area contributed by atoms with Crippen LogP contribution < -0.4 is 0 Å². The highest BCUT2D eigenvalue weighted by Crippen LogP contribution is 2.25. The first-order valence-corrected chi connectivity index (χ1v) is 4.79. The average Bonchev–Trinajstić information content (AvgIpc) is 2.06. The Hall–Kier alpha value is -1.11. The topological polar surface area (TPSA) is 17.1 Å². The Balaban J connectivity index is 2.49. The summed E-state index contributed by atoms with van der Waals surface area (Å²) in [6, 6.07) is 6.20. The molecule has 0 saturated heterocycles. The SMILES string of the molecule is Cc1ccc2c(c1)C(=O)CC(C)C2. The first-order valence-electron chi connectivity index (χ1n) is 4.79. The molecule has 1 aromatic rings. The van der Waals surface area contributed by atoms with Gasteiger partial charge in [-0.1, -0.05) is 24.6 Å². The molecule has 1 aliphatic rings. The summed E-state index contributed by atoms with van der Waals surface area (Å²) in [4.78, 5) is 11.6. The molecule has 1 nitrogen and oxygen atoms in total. The standard InChI is InChI=1S/C12H14O/c1-8-3-4-10-5-9(2)7-12(13)11(10)6-8/h3-4,6,9H,5,7H2,1-2H3. The van der Waals surface area contributed by atoms with E-state index in [0.29, 0.717) is 11.7 Å². The van der Waals surface area contributed by atoms with Gasteiger partial charge in [-0.2, -0.15) is 0 Å². The van der Waals surface area contributed by atoms with Gasteiger partial charge in [0, 0.05) is 12.0 Å². The zero-order chi connectivity index (χ0) is 9.42. The van der Waals surface area contributed by atoms with E-state index < -0.39 is 0 Å². The molecule has 0 aliphatic heterocycles. The van der Waals surface area contributed by atoms with Crippen LogP contribution in [0.4, 0.5) is 0 Å². The van der Waals surface area contributed by atoms with E-state index in [9.17, 15) is 4.79 Å². The third-order valence-electron chi connectivity index (χ3n) is 2.67. The number of fused-ring (bicyclic) bond motifs is 1. The summed E-state index contributed by atoms with van der Waals surface area (Å²) in [7, 11) is 0. The van der Waals surface area contributed by atoms with E-state index in [1.54, 1.807) is 0 Å². The second kappa shape index (κ2) is 2.99. The van der Waals surface area contributed by atoms with Crippen LogP contribution in [-0.4, -0.2) is 5.78 Å². The van der Waals surface area contributed by atoms with Gasteiger partial charge in [-0.25, -0.2) is 0 Å². The third kappa shape index (κ3) is 1.51. The van der Waals surface area contributed by atoms with E-state index in [-0.39, 0.29) is 0 Å². The molecule has 0 amide bonds. The molecule has 13 heavy (non-hydrogen) atoms. The van der Waals surface area contributed by atoms with E-state index in [0.717, 1.165) is 18.4 Å². The van der Waals surface area contributed by atoms with Gasteiger partial charge in [0.1, 0.15) is 0 Å². The van der Waals surface area contributed by atoms with Crippen LogP contribution in [0.2, 0.25) is 0 Å². The minimum atomic E-state index is 0.317. The quantitative estimate of drug-likeness (QED) is 0.591. The number of hydrogen-bond acceptors (Lipinski definition) is 1. The summed E-state index contributed by atoms with van der Waals surface area (Å²) in [5.74, 6) is 0.833. The van der Waals surface area contributed by atoms with Gasteiger partial charge in [0.25, 0.3) is 0 Å². The van der Waals surface area contributed by atoms with Gasteiger partial charge in [-0.15, -0.1) is 0 Å². The van der Waals surface area contributed by atoms with Crippen LogP contribution in [0.1, 0.15) is 34.8 Å². The van der Waals surface area contributed by atoms with E-state index in [4.69, 9.17) is 0 Å². The van der Waals surface area contributed by atoms with Crippen LogP contribution in [0, 0.1) is 12.8 Å². The number of aryl methyl sites for hydroxylation is 1. The number of ketones is 1. The molecule has 0 heterocycles. The molecule has 2 rings (SSSR count). The summed E-state index contributed by atoms with van der Waals surface area (Å²) in [6.45, 7) is 4.17. The van der Waals surface area contributed by atoms with Crippen molar-refractivity contribution in [3.8, 4) is 0 Å². The lowest BCUT2D eigenvalue weighted by Gasteiger charge is -2.20. The van der Waals surface area contributed by atoms with Gasteiger partial charge in [0.15, 0.2) is 5.78 Å². The van der Waals surface area contributed by atoms with Crippen molar-refractivity contribution in [1.29, 1.82) is 0 Å². The van der Waals surface area contributed by atoms with Crippen LogP contribution in [-0.2, 0) is 6.42 Å². The number of carbonyl (C=O) groups excluding carboxylic acids is 1. The van der Waals surface area contributed by atoms with Crippen LogP contribution in [0.15, 0.2) is 18.2 Å². The lowest BCUT2D eigenvalue weighted by molar-refractivity contribution is 0.0953. The van der Waals surface area contributed by atoms with E-state index in [1.807, 2.05) is 13.0 Å². The fraction of sp³-hybridized carbons (Fsp3) is 0.417. The predicted molar refractivity (Wildman–Crippen MR) is 53.0 cm³/mol. The summed E-state index contributed by atoms with van der Waals surface area (Å²) in [6.07, 6.45) is 1.78. The molecule has 0 radical (unpaired) electrons. The van der Waals surface area contributed by atoms with Gasteiger partial charge < -0.3 is 0 Å². The predicted octanol–water partition coefficient (Wildman–Crippen LogP) is 2.76. The molecule has 0 fully saturated rings. The Kier molecular flexibility index (Phi) is 1.95. The Morgan fingerprint density at radius 1 is 1.31 bits per heavy atom. The highest BCUT2D eigenvalue weighted by atomic mass is 16.1. The third-order valence-corrected chi connectivity index (χ3v) is 2.67. The Bertz CT molecular complexity index is 352. The normalized spacial score (nSPS) is 21.4. The second-order valence-electron chi connectivity index (χ2n) is 4.10. The Labute approximate surface area is 78.8 Å². The Morgan fingerprint density at radius 3 is 2.85 bits per heavy atom. The second-order valence-corrected chi connectivity index (χ2v) is 4.10. The van der Waals surface area contributed by atoms with Gasteiger partial charge in [0.2, 0.25) is 0 Å². The molecular formula is C12H14O. The van der Waals surface area contributed by atoms with Gasteiger partial charge in [-0.3, -0.25) is 4.79 Å². The minimum Gasteiger partial charge on any atom is -0.294 e. The molecule has 1 aromatic carbocycles. The maximum absolute atomic E-state index is 11.6. The molecule has 0 bridgehead atoms. The summed E-state index contributed by atoms with van der Waals surface area (Å²) in [5.41, 5.74) is 3.37. The first kappa shape index (κ1) is 8.49. The van der Waals surface area contributed by atoms with Crippen LogP contribution in [0.3, 0.4) is 0 Å². The van der Waals surface area contributed by atoms with Crippen molar-refractivity contribution in [1.82, 2.24) is 0 Å². The lowest BCUT2D eigenvalue weighted by atomic mass is 9.83. The van der Waals surface area contributed by atoms with Crippen molar-refractivity contribution in [3.63, 3.8) is 0 Å². The molecule has 0 spiro atoms. The van der Waals surface area contributed by atoms with Crippen LogP contribution in [0.5, 0.6) is 0 Å². The van der Waals surface area contributed by atoms with Crippen molar-refractivity contribution >= 4 is 5.78 Å². The molecule has 1 heteroatoms. The number of rotatable bonds is 0. The number of hydrogen-bond donors (Lipinski definition) is 0. The summed E-state index contributed by atoms with van der Waals surface area (Å²) >= 11 is 0. The highest BCUT2D eigenvalue weighted by Gasteiger charge is 2.21. The molecule has 0 aromatic heterocycles. The molecule has 1 aliphatic carbocycles. The van der Waals surface area contributed by atoms with Crippen molar-refractivity contribution in [2.45, 2.75) is 26.7 Å². The monoisotopic (exact) mass is 174 g/mol. The zero-order valence-electron chi connectivity index (χ0n) is 8.13. The van der Waals surface area contributed by atoms with Gasteiger partial charge in [0.05, 0.1) is 0 Å². The molecule has 1 atom stereocenters. The number of Topliss-reactive ketones (excluding diaryl/α,β-unsaturated/α-hetero) is 1. The molecular weight excluding hydrogens is 160 g/mol. The smallest absolute Gasteiger partial charge is 0.163 e. The van der Waals surface area contributed by atoms with Crippen LogP contribution in [0.25, 0.3) is 0 Å². The van der Waals surface area contributed by atoms with Gasteiger partial charge >= 0.3 is 0 Å². The van der Waals surface area contributed by atoms with Crippen LogP contribution >= 0.6 is 0 Å². The van der Waals surface area contributed by atoms with E-state index in [1.165, 1.54) is 11.1 Å². The largest absolute Gasteiger partial charge is 0.294 e. The summed E-state index contributed by atoms with van der Waals surface area (Å²) in [5, 5.41) is 0. The molecule has 68 valence electrons. The zero-order valence-corrected chi connectivity index (χ0v) is 8.13. The summed E-state index contributed by atoms with van der Waals surface area (Å²) < 4.78 is 0. The maximum atomic E-state index is 11.6. The minimum absolute atomic E-state index is 0.317. The highest BCUT2D eigenvalue weighted by molar-refractivity contribution is 5.98.